The molecule has 3 heterocycles. The molecule has 0 amide bonds. The van der Waals surface area contributed by atoms with E-state index in [1.54, 1.807) is 11.3 Å². The summed E-state index contributed by atoms with van der Waals surface area (Å²) in [6.45, 7) is 0. The lowest BCUT2D eigenvalue weighted by atomic mass is 10.0. The average molecular weight is 645 g/mol. The lowest BCUT2D eigenvalue weighted by Crippen LogP contribution is -2.09. The van der Waals surface area contributed by atoms with Gasteiger partial charge in [-0.2, -0.15) is 0 Å². The van der Waals surface area contributed by atoms with Gasteiger partial charge in [0.05, 0.1) is 10.2 Å². The molecule has 0 aliphatic heterocycles. The molecule has 0 aliphatic rings. The van der Waals surface area contributed by atoms with Crippen molar-refractivity contribution in [3.05, 3.63) is 170 Å². The maximum Gasteiger partial charge on any atom is 0.137 e. The van der Waals surface area contributed by atoms with Crippen molar-refractivity contribution in [3.8, 4) is 22.3 Å². The Morgan fingerprint density at radius 3 is 2.02 bits per heavy atom. The smallest absolute Gasteiger partial charge is 0.137 e. The van der Waals surface area contributed by atoms with Gasteiger partial charge in [-0.05, 0) is 93.7 Å². The number of aromatic nitrogens is 1. The Bertz CT molecular complexity index is 2830. The number of pyridine rings is 1. The molecule has 0 aliphatic carbocycles. The minimum absolute atomic E-state index is 0.873. The largest absolute Gasteiger partial charge is 0.456 e. The molecule has 0 fully saturated rings. The van der Waals surface area contributed by atoms with Crippen LogP contribution in [0.25, 0.3) is 75.3 Å². The Labute approximate surface area is 286 Å². The number of nitrogens with zero attached hydrogens (tertiary/aromatic N) is 2. The maximum absolute atomic E-state index is 6.34. The van der Waals surface area contributed by atoms with E-state index in [2.05, 4.69) is 155 Å². The first-order valence-electron chi connectivity index (χ1n) is 16.4. The molecule has 0 saturated carbocycles. The number of benzene rings is 7. The minimum atomic E-state index is 0.873. The van der Waals surface area contributed by atoms with Gasteiger partial charge < -0.3 is 9.32 Å². The van der Waals surface area contributed by atoms with Gasteiger partial charge in [-0.15, -0.1) is 11.3 Å². The van der Waals surface area contributed by atoms with Crippen LogP contribution in [-0.4, -0.2) is 4.98 Å². The Hall–Kier alpha value is -6.23. The van der Waals surface area contributed by atoms with Crippen LogP contribution in [-0.2, 0) is 0 Å². The fourth-order valence-electron chi connectivity index (χ4n) is 7.11. The van der Waals surface area contributed by atoms with Crippen LogP contribution in [0.1, 0.15) is 0 Å². The number of thiophene rings is 1. The van der Waals surface area contributed by atoms with Crippen LogP contribution in [0, 0.1) is 0 Å². The van der Waals surface area contributed by atoms with Crippen LogP contribution in [0.3, 0.4) is 0 Å². The molecule has 3 nitrogen and oxygen atoms in total. The third kappa shape index (κ3) is 4.68. The van der Waals surface area contributed by atoms with Crippen molar-refractivity contribution < 1.29 is 4.42 Å². The van der Waals surface area contributed by atoms with E-state index in [1.165, 1.54) is 47.8 Å². The number of fused-ring (bicyclic) bond motifs is 7. The minimum Gasteiger partial charge on any atom is -0.456 e. The second-order valence-electron chi connectivity index (χ2n) is 12.4. The third-order valence-corrected chi connectivity index (χ3v) is 10.7. The van der Waals surface area contributed by atoms with Gasteiger partial charge in [0, 0.05) is 50.2 Å². The first kappa shape index (κ1) is 27.8. The third-order valence-electron chi connectivity index (χ3n) is 9.52. The summed E-state index contributed by atoms with van der Waals surface area (Å²) in [5, 5.41) is 5.94. The molecule has 230 valence electrons. The summed E-state index contributed by atoms with van der Waals surface area (Å²) in [6, 6.07) is 58.4. The highest BCUT2D eigenvalue weighted by Gasteiger charge is 2.17. The molecule has 4 heteroatoms. The Kier molecular flexibility index (Phi) is 6.36. The zero-order chi connectivity index (χ0) is 32.3. The average Bonchev–Trinajstić information content (AvgIpc) is 3.74. The summed E-state index contributed by atoms with van der Waals surface area (Å²) in [5.41, 5.74) is 10.8. The highest BCUT2D eigenvalue weighted by molar-refractivity contribution is 7.26. The first-order valence-corrected chi connectivity index (χ1v) is 17.3. The number of anilines is 3. The van der Waals surface area contributed by atoms with E-state index < -0.39 is 0 Å². The molecule has 49 heavy (non-hydrogen) atoms. The lowest BCUT2D eigenvalue weighted by molar-refractivity contribution is 0.669. The molecule has 3 aromatic heterocycles. The maximum atomic E-state index is 6.34. The number of furan rings is 1. The van der Waals surface area contributed by atoms with Crippen molar-refractivity contribution in [3.63, 3.8) is 0 Å². The van der Waals surface area contributed by atoms with Gasteiger partial charge in [-0.25, -0.2) is 0 Å². The SMILES string of the molecule is c1ccc2cc(-c3ccc(N(c4ccc(-c5cccc6c5sc5cccnc56)cc4)c4ccc5c(c4)oc4ccccc45)cc3)ccc2c1. The van der Waals surface area contributed by atoms with E-state index in [0.717, 1.165) is 44.5 Å². The van der Waals surface area contributed by atoms with Gasteiger partial charge in [0.1, 0.15) is 11.2 Å². The quantitative estimate of drug-likeness (QED) is 0.187. The summed E-state index contributed by atoms with van der Waals surface area (Å²) in [7, 11) is 0. The van der Waals surface area contributed by atoms with Gasteiger partial charge in [0.25, 0.3) is 0 Å². The first-order chi connectivity index (χ1) is 24.3. The summed E-state index contributed by atoms with van der Waals surface area (Å²) >= 11 is 1.81. The van der Waals surface area contributed by atoms with E-state index >= 15 is 0 Å². The van der Waals surface area contributed by atoms with Crippen LogP contribution >= 0.6 is 11.3 Å². The van der Waals surface area contributed by atoms with Crippen LogP contribution in [0.4, 0.5) is 17.1 Å². The van der Waals surface area contributed by atoms with E-state index in [-0.39, 0.29) is 0 Å². The van der Waals surface area contributed by atoms with E-state index in [9.17, 15) is 0 Å². The van der Waals surface area contributed by atoms with Crippen molar-refractivity contribution in [2.75, 3.05) is 4.90 Å². The number of hydrogen-bond donors (Lipinski definition) is 0. The van der Waals surface area contributed by atoms with Crippen molar-refractivity contribution in [2.24, 2.45) is 0 Å². The second kappa shape index (κ2) is 11.2. The topological polar surface area (TPSA) is 29.3 Å². The molecule has 0 unspecified atom stereocenters. The Morgan fingerprint density at radius 2 is 1.16 bits per heavy atom. The predicted molar refractivity (Wildman–Crippen MR) is 207 cm³/mol. The monoisotopic (exact) mass is 644 g/mol. The van der Waals surface area contributed by atoms with Crippen LogP contribution in [0.15, 0.2) is 174 Å². The molecular weight excluding hydrogens is 617 g/mol. The molecule has 0 atom stereocenters. The van der Waals surface area contributed by atoms with Crippen LogP contribution < -0.4 is 4.90 Å². The summed E-state index contributed by atoms with van der Waals surface area (Å²) < 4.78 is 8.81. The molecule has 0 N–H and O–H groups in total. The van der Waals surface area contributed by atoms with Gasteiger partial charge >= 0.3 is 0 Å². The van der Waals surface area contributed by atoms with Crippen molar-refractivity contribution in [1.29, 1.82) is 0 Å². The molecule has 0 radical (unpaired) electrons. The molecule has 7 aromatic carbocycles. The molecule has 0 bridgehead atoms. The zero-order valence-corrected chi connectivity index (χ0v) is 27.2. The zero-order valence-electron chi connectivity index (χ0n) is 26.4. The molecular formula is C45H28N2OS. The van der Waals surface area contributed by atoms with Gasteiger partial charge in [-0.3, -0.25) is 4.98 Å². The highest BCUT2D eigenvalue weighted by Crippen LogP contribution is 2.42. The summed E-state index contributed by atoms with van der Waals surface area (Å²) in [5.74, 6) is 0. The molecule has 10 rings (SSSR count). The molecule has 10 aromatic rings. The highest BCUT2D eigenvalue weighted by atomic mass is 32.1. The number of para-hydroxylation sites is 1. The van der Waals surface area contributed by atoms with Gasteiger partial charge in [0.15, 0.2) is 0 Å². The van der Waals surface area contributed by atoms with Crippen molar-refractivity contribution in [2.45, 2.75) is 0 Å². The Balaban J connectivity index is 1.08. The van der Waals surface area contributed by atoms with Crippen LogP contribution in [0.5, 0.6) is 0 Å². The van der Waals surface area contributed by atoms with Crippen LogP contribution in [0.2, 0.25) is 0 Å². The van der Waals surface area contributed by atoms with Crippen molar-refractivity contribution >= 4 is 81.4 Å². The Morgan fingerprint density at radius 1 is 0.469 bits per heavy atom. The summed E-state index contributed by atoms with van der Waals surface area (Å²) in [6.07, 6.45) is 1.88. The molecule has 0 spiro atoms. The fourth-order valence-corrected chi connectivity index (χ4v) is 8.31. The normalized spacial score (nSPS) is 11.7. The van der Waals surface area contributed by atoms with E-state index in [4.69, 9.17) is 4.42 Å². The van der Waals surface area contributed by atoms with Gasteiger partial charge in [-0.1, -0.05) is 97.1 Å². The number of rotatable bonds is 5. The standard InChI is InChI=1S/C45H28N2OS/c1-2-8-32-27-33(15-14-29(32)7-1)30-16-20-34(21-17-30)47(36-24-25-39-38-9-3-4-12-41(38)48-42(39)28-36)35-22-18-31(19-23-35)37-10-5-11-40-44-43(49-45(37)40)13-6-26-46-44/h1-28H. The fraction of sp³-hybridized carbons (Fsp3) is 0. The van der Waals surface area contributed by atoms with Gasteiger partial charge in [0.2, 0.25) is 0 Å². The number of hydrogen-bond acceptors (Lipinski definition) is 4. The summed E-state index contributed by atoms with van der Waals surface area (Å²) in [4.78, 5) is 6.99. The van der Waals surface area contributed by atoms with Crippen molar-refractivity contribution in [1.82, 2.24) is 4.98 Å². The van der Waals surface area contributed by atoms with E-state index in [1.807, 2.05) is 24.4 Å². The second-order valence-corrected chi connectivity index (χ2v) is 13.5. The predicted octanol–water partition coefficient (Wildman–Crippen LogP) is 13.3. The lowest BCUT2D eigenvalue weighted by Gasteiger charge is -2.26. The molecule has 0 saturated heterocycles. The van der Waals surface area contributed by atoms with E-state index in [0.29, 0.717) is 0 Å².